The molecule has 0 atom stereocenters. The van der Waals surface area contributed by atoms with E-state index in [0.29, 0.717) is 39.6 Å². The first-order valence-corrected chi connectivity index (χ1v) is 5.25. The molecule has 0 aromatic rings. The molecule has 17 heavy (non-hydrogen) atoms. The minimum Gasteiger partial charge on any atom is -0.435 e. The Morgan fingerprint density at radius 3 is 1.94 bits per heavy atom. The summed E-state index contributed by atoms with van der Waals surface area (Å²) in [6, 6.07) is 0. The predicted molar refractivity (Wildman–Crippen MR) is 63.2 cm³/mol. The smallest absolute Gasteiger partial charge is 0.435 e. The highest BCUT2D eigenvalue weighted by molar-refractivity contribution is 5.59. The first-order chi connectivity index (χ1) is 7.81. The Hall–Kier alpha value is -0.850. The minimum absolute atomic E-state index is 0. The summed E-state index contributed by atoms with van der Waals surface area (Å²) < 4.78 is 24.3. The molecule has 6 heteroatoms. The van der Waals surface area contributed by atoms with Crippen molar-refractivity contribution in [1.82, 2.24) is 0 Å². The summed E-state index contributed by atoms with van der Waals surface area (Å²) in [5.41, 5.74) is 0. The number of hydrogen-bond acceptors (Lipinski definition) is 6. The van der Waals surface area contributed by atoms with Gasteiger partial charge in [-0.15, -0.1) is 0 Å². The van der Waals surface area contributed by atoms with Crippen LogP contribution in [-0.4, -0.2) is 59.5 Å². The fraction of sp³-hybridized carbons (Fsp3) is 0.909. The van der Waals surface area contributed by atoms with Crippen molar-refractivity contribution >= 4 is 6.16 Å². The minimum atomic E-state index is -0.664. The molecule has 0 heterocycles. The Labute approximate surface area is 103 Å². The van der Waals surface area contributed by atoms with Gasteiger partial charge < -0.3 is 23.7 Å². The molecule has 0 saturated heterocycles. The Morgan fingerprint density at radius 2 is 1.41 bits per heavy atom. The maximum absolute atomic E-state index is 10.7. The van der Waals surface area contributed by atoms with Crippen LogP contribution in [0.1, 0.15) is 14.4 Å². The summed E-state index contributed by atoms with van der Waals surface area (Å²) >= 11 is 0. The quantitative estimate of drug-likeness (QED) is 0.433. The number of carbonyl (C=O) groups is 1. The number of methoxy groups -OCH3 is 1. The largest absolute Gasteiger partial charge is 0.508 e. The maximum atomic E-state index is 10.7. The molecule has 0 aliphatic rings. The third kappa shape index (κ3) is 15.1. The number of hydrogen-bond donors (Lipinski definition) is 0. The summed E-state index contributed by atoms with van der Waals surface area (Å²) in [6.45, 7) is 4.66. The number of carbonyl (C=O) groups excluding carboxylic acids is 1. The lowest BCUT2D eigenvalue weighted by atomic mass is 10.7. The summed E-state index contributed by atoms with van der Waals surface area (Å²) in [6.07, 6.45) is -0.664. The molecule has 104 valence electrons. The standard InChI is InChI=1S/C10H20O6.CH4/c1-3-15-10(11)16-9-8-14-7-6-13-5-4-12-2;/h3-9H2,1-2H3;1H4. The van der Waals surface area contributed by atoms with E-state index in [1.54, 1.807) is 14.0 Å². The van der Waals surface area contributed by atoms with Gasteiger partial charge in [-0.25, -0.2) is 4.79 Å². The van der Waals surface area contributed by atoms with Gasteiger partial charge in [-0.1, -0.05) is 7.43 Å². The lowest BCUT2D eigenvalue weighted by Crippen LogP contribution is -2.14. The molecule has 0 fully saturated rings. The van der Waals surface area contributed by atoms with E-state index >= 15 is 0 Å². The molecule has 6 nitrogen and oxygen atoms in total. The van der Waals surface area contributed by atoms with Crippen molar-refractivity contribution in [3.05, 3.63) is 0 Å². The van der Waals surface area contributed by atoms with E-state index in [-0.39, 0.29) is 14.0 Å². The van der Waals surface area contributed by atoms with Crippen molar-refractivity contribution in [2.24, 2.45) is 0 Å². The van der Waals surface area contributed by atoms with Crippen LogP contribution in [0.5, 0.6) is 0 Å². The molecule has 0 spiro atoms. The van der Waals surface area contributed by atoms with Gasteiger partial charge >= 0.3 is 6.16 Å². The third-order valence-corrected chi connectivity index (χ3v) is 1.51. The molecule has 0 bridgehead atoms. The average molecular weight is 252 g/mol. The van der Waals surface area contributed by atoms with E-state index in [9.17, 15) is 4.79 Å². The van der Waals surface area contributed by atoms with Crippen molar-refractivity contribution in [3.63, 3.8) is 0 Å². The van der Waals surface area contributed by atoms with Gasteiger partial charge in [0.25, 0.3) is 0 Å². The molecule has 0 saturated carbocycles. The first kappa shape index (κ1) is 18.5. The van der Waals surface area contributed by atoms with E-state index in [1.807, 2.05) is 0 Å². The van der Waals surface area contributed by atoms with Crippen LogP contribution in [-0.2, 0) is 23.7 Å². The first-order valence-electron chi connectivity index (χ1n) is 5.25. The van der Waals surface area contributed by atoms with Crippen LogP contribution in [0.15, 0.2) is 0 Å². The van der Waals surface area contributed by atoms with Crippen molar-refractivity contribution < 1.29 is 28.5 Å². The van der Waals surface area contributed by atoms with Gasteiger partial charge in [-0.05, 0) is 6.92 Å². The predicted octanol–water partition coefficient (Wildman–Crippen LogP) is 1.48. The van der Waals surface area contributed by atoms with Gasteiger partial charge in [0, 0.05) is 7.11 Å². The van der Waals surface area contributed by atoms with Crippen LogP contribution in [0.2, 0.25) is 0 Å². The molecule has 0 aromatic heterocycles. The Kier molecular flexibility index (Phi) is 16.5. The zero-order valence-corrected chi connectivity index (χ0v) is 9.90. The molecular weight excluding hydrogens is 228 g/mol. The third-order valence-electron chi connectivity index (χ3n) is 1.51. The van der Waals surface area contributed by atoms with Gasteiger partial charge in [0.1, 0.15) is 6.61 Å². The van der Waals surface area contributed by atoms with E-state index in [4.69, 9.17) is 14.2 Å². The summed E-state index contributed by atoms with van der Waals surface area (Å²) in [5, 5.41) is 0. The van der Waals surface area contributed by atoms with Crippen molar-refractivity contribution in [1.29, 1.82) is 0 Å². The van der Waals surface area contributed by atoms with Gasteiger partial charge in [-0.3, -0.25) is 0 Å². The molecule has 0 radical (unpaired) electrons. The van der Waals surface area contributed by atoms with Crippen molar-refractivity contribution in [2.75, 3.05) is 53.4 Å². The van der Waals surface area contributed by atoms with Gasteiger partial charge in [0.05, 0.1) is 39.6 Å². The molecule has 0 unspecified atom stereocenters. The highest BCUT2D eigenvalue weighted by atomic mass is 16.7. The Bertz CT molecular complexity index is 162. The lowest BCUT2D eigenvalue weighted by Gasteiger charge is -2.06. The number of ether oxygens (including phenoxy) is 5. The Morgan fingerprint density at radius 1 is 0.882 bits per heavy atom. The van der Waals surface area contributed by atoms with E-state index < -0.39 is 6.16 Å². The zero-order chi connectivity index (χ0) is 12.1. The van der Waals surface area contributed by atoms with Gasteiger partial charge in [0.15, 0.2) is 0 Å². The van der Waals surface area contributed by atoms with Crippen LogP contribution in [0.4, 0.5) is 4.79 Å². The van der Waals surface area contributed by atoms with Gasteiger partial charge in [0.2, 0.25) is 0 Å². The molecular formula is C11H24O6. The lowest BCUT2D eigenvalue weighted by molar-refractivity contribution is 0.00202. The van der Waals surface area contributed by atoms with Crippen molar-refractivity contribution in [3.8, 4) is 0 Å². The Balaban J connectivity index is 0. The van der Waals surface area contributed by atoms with Crippen LogP contribution >= 0.6 is 0 Å². The number of rotatable bonds is 10. The normalized spacial score (nSPS) is 9.53. The highest BCUT2D eigenvalue weighted by Gasteiger charge is 2.00. The summed E-state index contributed by atoms with van der Waals surface area (Å²) in [7, 11) is 1.62. The van der Waals surface area contributed by atoms with Crippen LogP contribution in [0, 0.1) is 0 Å². The highest BCUT2D eigenvalue weighted by Crippen LogP contribution is 1.86. The molecule has 0 N–H and O–H groups in total. The maximum Gasteiger partial charge on any atom is 0.508 e. The zero-order valence-electron chi connectivity index (χ0n) is 9.90. The molecule has 0 aliphatic carbocycles. The topological polar surface area (TPSA) is 63.2 Å². The molecule has 0 amide bonds. The molecule has 0 aliphatic heterocycles. The molecule has 0 rings (SSSR count). The fourth-order valence-electron chi connectivity index (χ4n) is 0.808. The van der Waals surface area contributed by atoms with Crippen LogP contribution < -0.4 is 0 Å². The summed E-state index contributed by atoms with van der Waals surface area (Å²) in [4.78, 5) is 10.7. The van der Waals surface area contributed by atoms with E-state index in [1.165, 1.54) is 0 Å². The van der Waals surface area contributed by atoms with Gasteiger partial charge in [-0.2, -0.15) is 0 Å². The second kappa shape index (κ2) is 15.1. The van der Waals surface area contributed by atoms with Crippen LogP contribution in [0.25, 0.3) is 0 Å². The summed E-state index contributed by atoms with van der Waals surface area (Å²) in [5.74, 6) is 0. The molecule has 0 aromatic carbocycles. The second-order valence-electron chi connectivity index (χ2n) is 2.75. The van der Waals surface area contributed by atoms with E-state index in [0.717, 1.165) is 0 Å². The fourth-order valence-corrected chi connectivity index (χ4v) is 0.808. The monoisotopic (exact) mass is 252 g/mol. The van der Waals surface area contributed by atoms with Crippen LogP contribution in [0.3, 0.4) is 0 Å². The SMILES string of the molecule is C.CCOC(=O)OCCOCCOCCOC. The second-order valence-corrected chi connectivity index (χ2v) is 2.75. The van der Waals surface area contributed by atoms with E-state index in [2.05, 4.69) is 9.47 Å². The average Bonchev–Trinajstić information content (AvgIpc) is 2.27. The van der Waals surface area contributed by atoms with Crippen molar-refractivity contribution in [2.45, 2.75) is 14.4 Å².